The van der Waals surface area contributed by atoms with Crippen LogP contribution in [0.4, 0.5) is 5.95 Å². The van der Waals surface area contributed by atoms with Gasteiger partial charge in [0, 0.05) is 134 Å². The molecule has 0 aliphatic carbocycles. The Balaban J connectivity index is 0.910. The van der Waals surface area contributed by atoms with Crippen LogP contribution in [0.25, 0.3) is 10.9 Å². The van der Waals surface area contributed by atoms with Gasteiger partial charge < -0.3 is 76.2 Å². The maximum Gasteiger partial charge on any atom is 0.323 e. The highest BCUT2D eigenvalue weighted by atomic mass is 32.2. The zero-order chi connectivity index (χ0) is 70.5. The van der Waals surface area contributed by atoms with Crippen LogP contribution in [0.15, 0.2) is 53.8 Å². The van der Waals surface area contributed by atoms with E-state index >= 15 is 0 Å². The number of aliphatic carboxylic acids is 4. The van der Waals surface area contributed by atoms with Crippen LogP contribution in [0.5, 0.6) is 5.75 Å². The van der Waals surface area contributed by atoms with Crippen LogP contribution in [-0.2, 0) is 69.1 Å². The number of imidazole rings is 1. The number of nitrogens with zero attached hydrogens (tertiary/aromatic N) is 7. The van der Waals surface area contributed by atoms with Crippen LogP contribution in [0.2, 0.25) is 6.82 Å². The zero-order valence-corrected chi connectivity index (χ0v) is 56.2. The van der Waals surface area contributed by atoms with Crippen molar-refractivity contribution in [1.29, 1.82) is 0 Å². The van der Waals surface area contributed by atoms with Crippen molar-refractivity contribution < 1.29 is 90.9 Å². The van der Waals surface area contributed by atoms with Gasteiger partial charge in [-0.25, -0.2) is 13.4 Å². The van der Waals surface area contributed by atoms with E-state index in [1.54, 1.807) is 77.1 Å². The van der Waals surface area contributed by atoms with Gasteiger partial charge in [0.2, 0.25) is 41.1 Å². The van der Waals surface area contributed by atoms with Gasteiger partial charge >= 0.3 is 23.9 Å². The summed E-state index contributed by atoms with van der Waals surface area (Å²) in [5.74, 6) is -5.85. The predicted molar refractivity (Wildman–Crippen MR) is 355 cm³/mol. The molecule has 12 N–H and O–H groups in total. The largest absolute Gasteiger partial charge is 0.494 e. The number of aromatic amines is 1. The van der Waals surface area contributed by atoms with Gasteiger partial charge in [-0.2, -0.15) is 9.82 Å². The van der Waals surface area contributed by atoms with E-state index in [2.05, 4.69) is 51.6 Å². The molecule has 0 saturated carbocycles. The second kappa shape index (κ2) is 43.0. The number of aryl methyl sites for hydroxylation is 3. The molecule has 1 aliphatic rings. The number of H-pyrrole nitrogens is 1. The Morgan fingerprint density at radius 3 is 1.75 bits per heavy atom. The zero-order valence-electron chi connectivity index (χ0n) is 55.4. The number of hydrogen-bond acceptors (Lipinski definition) is 22. The van der Waals surface area contributed by atoms with E-state index in [9.17, 15) is 72.0 Å². The molecule has 3 heterocycles. The molecule has 34 nitrogen and oxygen atoms in total. The molecular formula is C61H94BN15O19S. The first-order valence-electron chi connectivity index (χ1n) is 32.3. The fraction of sp³-hybridized carbons (Fsp3) is 0.590. The predicted octanol–water partition coefficient (Wildman–Crippen LogP) is -1.48. The number of aromatic nitrogens is 4. The summed E-state index contributed by atoms with van der Waals surface area (Å²) in [6.07, 6.45) is 7.23. The third-order valence-corrected chi connectivity index (χ3v) is 17.0. The van der Waals surface area contributed by atoms with Crippen molar-refractivity contribution in [1.82, 2.24) is 70.6 Å². The molecule has 97 heavy (non-hydrogen) atoms. The number of anilines is 1. The topological polar surface area (TPSA) is 449 Å². The van der Waals surface area contributed by atoms with E-state index in [1.807, 2.05) is 4.68 Å². The Morgan fingerprint density at radius 2 is 1.21 bits per heavy atom. The minimum absolute atomic E-state index is 0.00207. The summed E-state index contributed by atoms with van der Waals surface area (Å²) in [5.41, 5.74) is 1.63. The lowest BCUT2D eigenvalue weighted by Crippen LogP contribution is -2.52. The first-order valence-corrected chi connectivity index (χ1v) is 33.8. The average molecular weight is 1380 g/mol. The number of fused-ring (bicyclic) bond motifs is 1. The molecule has 1 aliphatic heterocycles. The van der Waals surface area contributed by atoms with Gasteiger partial charge in [-0.1, -0.05) is 6.82 Å². The smallest absolute Gasteiger partial charge is 0.323 e. The number of amides is 5. The second-order valence-electron chi connectivity index (χ2n) is 23.0. The maximum absolute atomic E-state index is 13.6. The molecule has 1 unspecified atom stereocenters. The molecule has 2 aromatic carbocycles. The van der Waals surface area contributed by atoms with Crippen molar-refractivity contribution in [3.8, 4) is 5.75 Å². The summed E-state index contributed by atoms with van der Waals surface area (Å²) < 4.78 is 53.9. The van der Waals surface area contributed by atoms with E-state index < -0.39 is 70.3 Å². The Morgan fingerprint density at radius 1 is 0.639 bits per heavy atom. The van der Waals surface area contributed by atoms with Gasteiger partial charge in [-0.15, -0.1) is 0 Å². The quantitative estimate of drug-likeness (QED) is 0.0177. The van der Waals surface area contributed by atoms with Crippen LogP contribution in [-0.4, -0.2) is 292 Å². The third-order valence-electron chi connectivity index (χ3n) is 15.2. The lowest BCUT2D eigenvalue weighted by Gasteiger charge is -2.33. The number of carbonyl (C=O) groups excluding carboxylic acids is 5. The summed E-state index contributed by atoms with van der Waals surface area (Å²) >= 11 is 0. The number of rotatable bonds is 45. The summed E-state index contributed by atoms with van der Waals surface area (Å²) in [5, 5.41) is 60.4. The monoisotopic (exact) mass is 1380 g/mol. The number of sulfonamides is 1. The number of carboxylic acid groups (broad SMARTS) is 4. The van der Waals surface area contributed by atoms with E-state index in [4.69, 9.17) is 18.9 Å². The first kappa shape index (κ1) is 79.3. The van der Waals surface area contributed by atoms with Crippen LogP contribution < -0.4 is 41.3 Å². The van der Waals surface area contributed by atoms with Crippen molar-refractivity contribution in [3.05, 3.63) is 65.6 Å². The number of nitrogens with one attached hydrogen (secondary N) is 8. The Bertz CT molecular complexity index is 3240. The van der Waals surface area contributed by atoms with Gasteiger partial charge in [0.05, 0.1) is 75.8 Å². The fourth-order valence-corrected chi connectivity index (χ4v) is 12.0. The Labute approximate surface area is 563 Å². The minimum Gasteiger partial charge on any atom is -0.494 e. The summed E-state index contributed by atoms with van der Waals surface area (Å²) in [6.45, 7) is 8.61. The van der Waals surface area contributed by atoms with E-state index in [0.717, 1.165) is 11.9 Å². The molecule has 1 fully saturated rings. The highest BCUT2D eigenvalue weighted by Crippen LogP contribution is 2.26. The molecule has 1 saturated heterocycles. The van der Waals surface area contributed by atoms with Crippen molar-refractivity contribution >= 4 is 87.7 Å². The molecule has 2 atom stereocenters. The highest BCUT2D eigenvalue weighted by molar-refractivity contribution is 7.89. The van der Waals surface area contributed by atoms with Gasteiger partial charge in [-0.3, -0.25) is 67.4 Å². The lowest BCUT2D eigenvalue weighted by atomic mass is 9.99. The third kappa shape index (κ3) is 30.7. The molecule has 0 radical (unpaired) electrons. The van der Waals surface area contributed by atoms with Crippen molar-refractivity contribution in [3.63, 3.8) is 0 Å². The van der Waals surface area contributed by atoms with Gasteiger partial charge in [0.15, 0.2) is 5.95 Å². The van der Waals surface area contributed by atoms with Crippen LogP contribution in [0.1, 0.15) is 66.4 Å². The van der Waals surface area contributed by atoms with Crippen LogP contribution in [0, 0.1) is 13.8 Å². The number of carboxylic acids is 4. The Hall–Kier alpha value is -8.36. The van der Waals surface area contributed by atoms with E-state index in [0.29, 0.717) is 94.3 Å². The molecule has 4 aromatic rings. The second-order valence-corrected chi connectivity index (χ2v) is 24.7. The molecule has 0 bridgehead atoms. The molecule has 5 rings (SSSR count). The standard InChI is InChI=1S/C61H94BN15O19S/c1-43-34-47(35-44(2)57(43)97(91,92)72-49(60(89)90)38-68-58(87)45-9-11-50-46(36-45)37-69-77(50)18-5-13-65-61-66-16-17-67-61)96-29-4-8-51(78)63-14-6-27-93-30-32-95-33-31-94-28-7-15-64-59(88)48(10-12-52(79)71-62-3)70-53(80)39-73-19-21-74(40-54(81)82)23-25-76(42-56(85)86)26-24-75(22-20-73)41-55(83)84/h9,11,16-17,34-37,48-49,62,72H,4-8,10,12-15,18-33,38-42H2,1-3H3,(H,63,78)(H,64,88)(H,68,87)(H,70,80)(H,71,79)(H,81,82)(H,83,84)(H,85,86)(H,89,90)(H2,65,66,67)/t48-,49?/m1/s1. The first-order chi connectivity index (χ1) is 46.5. The average Bonchev–Trinajstić information content (AvgIpc) is 1.18. The Kier molecular flexibility index (Phi) is 35.2. The van der Waals surface area contributed by atoms with Crippen molar-refractivity contribution in [2.75, 3.05) is 156 Å². The maximum atomic E-state index is 13.6. The molecule has 36 heteroatoms. The van der Waals surface area contributed by atoms with Gasteiger partial charge in [0.25, 0.3) is 5.91 Å². The minimum atomic E-state index is -4.40. The number of hydrogen-bond donors (Lipinski definition) is 12. The van der Waals surface area contributed by atoms with Gasteiger partial charge in [-0.05, 0) is 87.4 Å². The summed E-state index contributed by atoms with van der Waals surface area (Å²) in [4.78, 5) is 126. The molecule has 536 valence electrons. The molecule has 2 aromatic heterocycles. The van der Waals surface area contributed by atoms with Crippen molar-refractivity contribution in [2.45, 2.75) is 89.1 Å². The molecule has 0 spiro atoms. The highest BCUT2D eigenvalue weighted by Gasteiger charge is 2.30. The van der Waals surface area contributed by atoms with Crippen molar-refractivity contribution in [2.24, 2.45) is 0 Å². The van der Waals surface area contributed by atoms with E-state index in [-0.39, 0.29) is 153 Å². The van der Waals surface area contributed by atoms with Gasteiger partial charge in [0.1, 0.15) is 17.8 Å². The lowest BCUT2D eigenvalue weighted by molar-refractivity contribution is -0.140. The number of ether oxygens (including phenoxy) is 4. The van der Waals surface area contributed by atoms with Crippen LogP contribution >= 0.6 is 0 Å². The SMILES string of the molecule is CBNC(=O)CC[C@@H](NC(=O)CN1CCN(CC(=O)O)CCN(CC(=O)O)CCN(CC(=O)O)CC1)C(=O)NCCCOCCOCCOCCCNC(=O)CCCOc1cc(C)c(S(=O)(=O)NC(CNC(=O)c2ccc3c(cnn3CCCNc3ncc[nH]3)c2)C(=O)O)c(C)c1. The van der Waals surface area contributed by atoms with Crippen LogP contribution in [0.3, 0.4) is 0 Å². The van der Waals surface area contributed by atoms with E-state index in [1.165, 1.54) is 12.1 Å². The molecular weight excluding hydrogens is 1290 g/mol. The normalized spacial score (nSPS) is 14.5. The number of benzene rings is 2. The summed E-state index contributed by atoms with van der Waals surface area (Å²) in [7, 11) is -4.03. The molecule has 5 amide bonds. The summed E-state index contributed by atoms with van der Waals surface area (Å²) in [6, 6.07) is 5.20. The number of carbonyl (C=O) groups is 9. The fourth-order valence-electron chi connectivity index (χ4n) is 10.4.